The SMILES string of the molecule is COCCN1CCC(CN(Cc2sc(N(C)C)nc2Cl)C[C@@H]2CCCO2)CC1. The summed E-state index contributed by atoms with van der Waals surface area (Å²) in [6.07, 6.45) is 5.23. The highest BCUT2D eigenvalue weighted by molar-refractivity contribution is 7.16. The standard InChI is InChI=1S/C20H35ClN4O2S/c1-23(2)20-22-19(21)18(28-20)15-25(14-17-5-4-11-27-17)13-16-6-8-24(9-7-16)10-12-26-3/h16-17H,4-15H2,1-3H3/t17-/m0/s1. The van der Waals surface area contributed by atoms with Crippen molar-refractivity contribution in [2.45, 2.75) is 38.3 Å². The molecule has 1 aromatic heterocycles. The van der Waals surface area contributed by atoms with E-state index in [4.69, 9.17) is 21.1 Å². The zero-order valence-corrected chi connectivity index (χ0v) is 19.1. The van der Waals surface area contributed by atoms with Crippen LogP contribution in [0.1, 0.15) is 30.6 Å². The average Bonchev–Trinajstić information content (AvgIpc) is 3.31. The van der Waals surface area contributed by atoms with Gasteiger partial charge in [-0.1, -0.05) is 22.9 Å². The van der Waals surface area contributed by atoms with E-state index in [9.17, 15) is 0 Å². The van der Waals surface area contributed by atoms with Crippen LogP contribution in [0, 0.1) is 5.92 Å². The molecule has 2 fully saturated rings. The maximum atomic E-state index is 6.46. The summed E-state index contributed by atoms with van der Waals surface area (Å²) in [7, 11) is 5.81. The highest BCUT2D eigenvalue weighted by Gasteiger charge is 2.26. The Labute approximate surface area is 178 Å². The molecular weight excluding hydrogens is 396 g/mol. The summed E-state index contributed by atoms with van der Waals surface area (Å²) in [6, 6.07) is 0. The van der Waals surface area contributed by atoms with Crippen LogP contribution in [0.5, 0.6) is 0 Å². The molecule has 2 aliphatic heterocycles. The summed E-state index contributed by atoms with van der Waals surface area (Å²) >= 11 is 8.16. The number of rotatable bonds is 10. The van der Waals surface area contributed by atoms with Crippen molar-refractivity contribution >= 4 is 28.1 Å². The molecule has 0 unspecified atom stereocenters. The summed E-state index contributed by atoms with van der Waals surface area (Å²) < 4.78 is 11.2. The van der Waals surface area contributed by atoms with E-state index in [1.165, 1.54) is 43.6 Å². The van der Waals surface area contributed by atoms with Crippen LogP contribution >= 0.6 is 22.9 Å². The van der Waals surface area contributed by atoms with Crippen molar-refractivity contribution in [2.24, 2.45) is 5.92 Å². The van der Waals surface area contributed by atoms with Gasteiger partial charge in [0, 0.05) is 54.0 Å². The van der Waals surface area contributed by atoms with Gasteiger partial charge in [-0.05, 0) is 44.7 Å². The van der Waals surface area contributed by atoms with Gasteiger partial charge in [0.05, 0.1) is 17.6 Å². The normalized spacial score (nSPS) is 21.7. The number of piperidine rings is 1. The largest absolute Gasteiger partial charge is 0.383 e. The molecule has 1 atom stereocenters. The monoisotopic (exact) mass is 430 g/mol. The highest BCUT2D eigenvalue weighted by atomic mass is 35.5. The van der Waals surface area contributed by atoms with Gasteiger partial charge >= 0.3 is 0 Å². The van der Waals surface area contributed by atoms with Crippen molar-refractivity contribution in [3.63, 3.8) is 0 Å². The van der Waals surface area contributed by atoms with Gasteiger partial charge in [0.15, 0.2) is 5.13 Å². The maximum absolute atomic E-state index is 6.46. The Balaban J connectivity index is 1.58. The number of ether oxygens (including phenoxy) is 2. The van der Waals surface area contributed by atoms with E-state index in [1.54, 1.807) is 18.4 Å². The van der Waals surface area contributed by atoms with Crippen LogP contribution in [0.3, 0.4) is 0 Å². The minimum Gasteiger partial charge on any atom is -0.383 e. The van der Waals surface area contributed by atoms with Gasteiger partial charge < -0.3 is 19.3 Å². The van der Waals surface area contributed by atoms with Gasteiger partial charge in [-0.25, -0.2) is 4.98 Å². The molecule has 0 aromatic carbocycles. The van der Waals surface area contributed by atoms with Crippen LogP contribution in [-0.4, -0.2) is 88.0 Å². The molecule has 0 saturated carbocycles. The Bertz CT molecular complexity index is 587. The lowest BCUT2D eigenvalue weighted by atomic mass is 9.96. The zero-order chi connectivity index (χ0) is 19.9. The minimum absolute atomic E-state index is 0.363. The fourth-order valence-electron chi connectivity index (χ4n) is 4.07. The predicted octanol–water partition coefficient (Wildman–Crippen LogP) is 3.20. The first kappa shape index (κ1) is 22.2. The number of likely N-dealkylation sites (tertiary alicyclic amines) is 1. The van der Waals surface area contributed by atoms with Crippen molar-refractivity contribution < 1.29 is 9.47 Å². The third-order valence-corrected chi connectivity index (χ3v) is 7.34. The fraction of sp³-hybridized carbons (Fsp3) is 0.850. The molecule has 0 bridgehead atoms. The van der Waals surface area contributed by atoms with Crippen molar-refractivity contribution in [1.29, 1.82) is 0 Å². The fourth-order valence-corrected chi connectivity index (χ4v) is 5.29. The van der Waals surface area contributed by atoms with E-state index in [2.05, 4.69) is 14.8 Å². The first-order valence-electron chi connectivity index (χ1n) is 10.4. The van der Waals surface area contributed by atoms with Gasteiger partial charge in [0.2, 0.25) is 0 Å². The molecule has 160 valence electrons. The quantitative estimate of drug-likeness (QED) is 0.567. The lowest BCUT2D eigenvalue weighted by molar-refractivity contribution is 0.0555. The van der Waals surface area contributed by atoms with E-state index < -0.39 is 0 Å². The predicted molar refractivity (Wildman–Crippen MR) is 117 cm³/mol. The van der Waals surface area contributed by atoms with Crippen molar-refractivity contribution in [2.75, 3.05) is 72.0 Å². The Hall–Kier alpha value is -0.440. The van der Waals surface area contributed by atoms with Crippen LogP contribution < -0.4 is 4.90 Å². The molecule has 2 aliphatic rings. The summed E-state index contributed by atoms with van der Waals surface area (Å²) in [5.74, 6) is 0.736. The maximum Gasteiger partial charge on any atom is 0.186 e. The smallest absolute Gasteiger partial charge is 0.186 e. The van der Waals surface area contributed by atoms with Crippen molar-refractivity contribution in [1.82, 2.24) is 14.8 Å². The first-order chi connectivity index (χ1) is 13.5. The van der Waals surface area contributed by atoms with E-state index in [0.29, 0.717) is 11.3 Å². The van der Waals surface area contributed by atoms with Crippen LogP contribution in [-0.2, 0) is 16.0 Å². The highest BCUT2D eigenvalue weighted by Crippen LogP contribution is 2.31. The number of anilines is 1. The number of methoxy groups -OCH3 is 1. The average molecular weight is 431 g/mol. The lowest BCUT2D eigenvalue weighted by Crippen LogP contribution is -2.41. The summed E-state index contributed by atoms with van der Waals surface area (Å²) in [5.41, 5.74) is 0. The van der Waals surface area contributed by atoms with E-state index in [-0.39, 0.29) is 0 Å². The van der Waals surface area contributed by atoms with E-state index in [1.807, 2.05) is 19.0 Å². The molecule has 0 amide bonds. The lowest BCUT2D eigenvalue weighted by Gasteiger charge is -2.35. The second-order valence-electron chi connectivity index (χ2n) is 8.21. The first-order valence-corrected chi connectivity index (χ1v) is 11.6. The number of hydrogen-bond acceptors (Lipinski definition) is 7. The third kappa shape index (κ3) is 6.54. The molecule has 0 aliphatic carbocycles. The Kier molecular flexibility index (Phi) is 8.81. The van der Waals surface area contributed by atoms with Crippen molar-refractivity contribution in [3.8, 4) is 0 Å². The van der Waals surface area contributed by atoms with Gasteiger partial charge in [-0.2, -0.15) is 0 Å². The second-order valence-corrected chi connectivity index (χ2v) is 9.63. The number of thiazole rings is 1. The number of halogens is 1. The Morgan fingerprint density at radius 2 is 2.04 bits per heavy atom. The van der Waals surface area contributed by atoms with Crippen LogP contribution in [0.25, 0.3) is 0 Å². The molecule has 0 N–H and O–H groups in total. The Morgan fingerprint density at radius 1 is 1.25 bits per heavy atom. The van der Waals surface area contributed by atoms with Gasteiger partial charge in [0.25, 0.3) is 0 Å². The number of hydrogen-bond donors (Lipinski definition) is 0. The van der Waals surface area contributed by atoms with E-state index in [0.717, 1.165) is 50.4 Å². The zero-order valence-electron chi connectivity index (χ0n) is 17.5. The molecule has 3 rings (SSSR count). The molecule has 3 heterocycles. The molecule has 28 heavy (non-hydrogen) atoms. The number of nitrogens with zero attached hydrogens (tertiary/aromatic N) is 4. The van der Waals surface area contributed by atoms with E-state index >= 15 is 0 Å². The van der Waals surface area contributed by atoms with Gasteiger partial charge in [0.1, 0.15) is 5.15 Å². The molecule has 2 saturated heterocycles. The van der Waals surface area contributed by atoms with Gasteiger partial charge in [-0.15, -0.1) is 0 Å². The summed E-state index contributed by atoms with van der Waals surface area (Å²) in [4.78, 5) is 12.8. The molecule has 0 radical (unpaired) electrons. The molecule has 8 heteroatoms. The second kappa shape index (κ2) is 11.1. The summed E-state index contributed by atoms with van der Waals surface area (Å²) in [6.45, 7) is 8.11. The molecule has 1 aromatic rings. The molecular formula is C20H35ClN4O2S. The van der Waals surface area contributed by atoms with Crippen LogP contribution in [0.4, 0.5) is 5.13 Å². The topological polar surface area (TPSA) is 41.1 Å². The Morgan fingerprint density at radius 3 is 2.64 bits per heavy atom. The minimum atomic E-state index is 0.363. The number of aromatic nitrogens is 1. The van der Waals surface area contributed by atoms with Gasteiger partial charge in [-0.3, -0.25) is 4.90 Å². The van der Waals surface area contributed by atoms with Crippen LogP contribution in [0.15, 0.2) is 0 Å². The van der Waals surface area contributed by atoms with Crippen LogP contribution in [0.2, 0.25) is 5.15 Å². The molecule has 0 spiro atoms. The third-order valence-electron chi connectivity index (χ3n) is 5.71. The molecule has 6 nitrogen and oxygen atoms in total. The summed E-state index contributed by atoms with van der Waals surface area (Å²) in [5, 5.41) is 1.63. The van der Waals surface area contributed by atoms with Crippen molar-refractivity contribution in [3.05, 3.63) is 10.0 Å².